The van der Waals surface area contributed by atoms with Gasteiger partial charge in [-0.1, -0.05) is 12.0 Å². The number of aliphatic hydroxyl groups excluding tert-OH is 1. The van der Waals surface area contributed by atoms with Crippen LogP contribution in [0.4, 0.5) is 17.5 Å². The Morgan fingerprint density at radius 2 is 1.78 bits per heavy atom. The van der Waals surface area contributed by atoms with E-state index in [1.807, 2.05) is 30.5 Å². The third-order valence-electron chi connectivity index (χ3n) is 7.55. The fourth-order valence-electron chi connectivity index (χ4n) is 5.01. The van der Waals surface area contributed by atoms with Crippen LogP contribution in [0.15, 0.2) is 54.9 Å². The Morgan fingerprint density at radius 3 is 2.54 bits per heavy atom. The van der Waals surface area contributed by atoms with Gasteiger partial charge in [-0.15, -0.1) is 0 Å². The number of aromatic nitrogens is 3. The van der Waals surface area contributed by atoms with Gasteiger partial charge in [-0.2, -0.15) is 4.98 Å². The van der Waals surface area contributed by atoms with Crippen LogP contribution in [0.3, 0.4) is 0 Å². The lowest BCUT2D eigenvalue weighted by molar-refractivity contribution is 0.0951. The van der Waals surface area contributed by atoms with Crippen molar-refractivity contribution in [3.63, 3.8) is 0 Å². The number of aliphatic hydroxyl groups is 1. The molecule has 1 aromatic carbocycles. The largest absolute Gasteiger partial charge is 0.393 e. The van der Waals surface area contributed by atoms with Crippen molar-refractivity contribution in [1.29, 1.82) is 0 Å². The van der Waals surface area contributed by atoms with E-state index in [0.29, 0.717) is 36.5 Å². The van der Waals surface area contributed by atoms with E-state index in [-0.39, 0.29) is 18.1 Å². The molecule has 1 aliphatic heterocycles. The Labute approximate surface area is 239 Å². The molecule has 0 spiro atoms. The minimum Gasteiger partial charge on any atom is -0.393 e. The van der Waals surface area contributed by atoms with E-state index >= 15 is 0 Å². The van der Waals surface area contributed by atoms with Crippen LogP contribution in [0.2, 0.25) is 0 Å². The minimum atomic E-state index is -0.208. The fraction of sp³-hybridized carbons (Fsp3) is 0.375. The van der Waals surface area contributed by atoms with E-state index in [2.05, 4.69) is 43.8 Å². The molecule has 41 heavy (non-hydrogen) atoms. The van der Waals surface area contributed by atoms with Crippen molar-refractivity contribution in [1.82, 2.24) is 20.3 Å². The summed E-state index contributed by atoms with van der Waals surface area (Å²) in [5.74, 6) is 7.41. The standard InChI is InChI=1S/C32H34N6O3/c39-28-11-9-24(10-12-28)35-30-29(22-14-17-41-18-15-22)20-34-32(38-30)37-26-4-1-21(2-5-26)3-6-27-19-23(13-16-33-27)31(40)36-25-7-8-25/h1-2,4-5,13-14,16,19-20,24-25,28,39H,7-12,15,17-18H2,(H,36,40)(H2,34,35,37,38). The molecule has 2 aliphatic carbocycles. The van der Waals surface area contributed by atoms with E-state index in [0.717, 1.165) is 67.6 Å². The van der Waals surface area contributed by atoms with E-state index in [9.17, 15) is 9.90 Å². The zero-order valence-corrected chi connectivity index (χ0v) is 22.9. The molecule has 3 aromatic rings. The minimum absolute atomic E-state index is 0.0796. The fourth-order valence-corrected chi connectivity index (χ4v) is 5.01. The number of anilines is 3. The van der Waals surface area contributed by atoms with Crippen molar-refractivity contribution >= 4 is 28.9 Å². The number of rotatable bonds is 7. The maximum atomic E-state index is 12.3. The molecule has 2 fully saturated rings. The summed E-state index contributed by atoms with van der Waals surface area (Å²) in [7, 11) is 0. The van der Waals surface area contributed by atoms with Crippen LogP contribution < -0.4 is 16.0 Å². The van der Waals surface area contributed by atoms with Gasteiger partial charge in [-0.3, -0.25) is 4.79 Å². The van der Waals surface area contributed by atoms with E-state index in [1.54, 1.807) is 18.3 Å². The summed E-state index contributed by atoms with van der Waals surface area (Å²) in [5, 5.41) is 19.8. The quantitative estimate of drug-likeness (QED) is 0.319. The number of nitrogens with one attached hydrogen (secondary N) is 3. The van der Waals surface area contributed by atoms with Crippen molar-refractivity contribution in [2.75, 3.05) is 23.8 Å². The van der Waals surface area contributed by atoms with Crippen molar-refractivity contribution in [3.8, 4) is 11.8 Å². The second kappa shape index (κ2) is 12.5. The van der Waals surface area contributed by atoms with Gasteiger partial charge in [0.15, 0.2) is 0 Å². The van der Waals surface area contributed by atoms with Gasteiger partial charge in [0, 0.05) is 46.9 Å². The lowest BCUT2D eigenvalue weighted by atomic mass is 9.93. The highest BCUT2D eigenvalue weighted by Gasteiger charge is 2.24. The van der Waals surface area contributed by atoms with E-state index in [4.69, 9.17) is 9.72 Å². The predicted molar refractivity (Wildman–Crippen MR) is 158 cm³/mol. The molecule has 1 amide bonds. The summed E-state index contributed by atoms with van der Waals surface area (Å²) in [5.41, 5.74) is 4.99. The molecule has 3 heterocycles. The summed E-state index contributed by atoms with van der Waals surface area (Å²) in [6, 6.07) is 11.7. The number of hydrogen-bond acceptors (Lipinski definition) is 8. The number of hydrogen-bond donors (Lipinski definition) is 4. The van der Waals surface area contributed by atoms with Gasteiger partial charge in [0.25, 0.3) is 5.91 Å². The van der Waals surface area contributed by atoms with Crippen molar-refractivity contribution in [2.45, 2.75) is 63.1 Å². The molecule has 3 aliphatic rings. The van der Waals surface area contributed by atoms with Gasteiger partial charge in [0.2, 0.25) is 5.95 Å². The summed E-state index contributed by atoms with van der Waals surface area (Å²) in [6.45, 7) is 1.28. The highest BCUT2D eigenvalue weighted by atomic mass is 16.5. The first-order valence-electron chi connectivity index (χ1n) is 14.3. The first-order chi connectivity index (χ1) is 20.1. The molecule has 2 saturated carbocycles. The van der Waals surface area contributed by atoms with Crippen LogP contribution in [0, 0.1) is 11.8 Å². The molecule has 9 nitrogen and oxygen atoms in total. The topological polar surface area (TPSA) is 121 Å². The molecule has 6 rings (SSSR count). The number of benzene rings is 1. The number of pyridine rings is 1. The Balaban J connectivity index is 1.14. The molecule has 0 bridgehead atoms. The van der Waals surface area contributed by atoms with Gasteiger partial charge < -0.3 is 25.8 Å². The monoisotopic (exact) mass is 550 g/mol. The van der Waals surface area contributed by atoms with Crippen LogP contribution in [-0.4, -0.2) is 57.4 Å². The molecule has 210 valence electrons. The smallest absolute Gasteiger partial charge is 0.251 e. The van der Waals surface area contributed by atoms with Gasteiger partial charge in [-0.05, 0) is 92.8 Å². The number of carbonyl (C=O) groups excluding carboxylic acids is 1. The van der Waals surface area contributed by atoms with Crippen molar-refractivity contribution in [3.05, 3.63) is 77.3 Å². The summed E-state index contributed by atoms with van der Waals surface area (Å²) in [4.78, 5) is 26.1. The number of ether oxygens (including phenoxy) is 1. The Bertz CT molecular complexity index is 1480. The van der Waals surface area contributed by atoms with Gasteiger partial charge in [-0.25, -0.2) is 9.97 Å². The highest BCUT2D eigenvalue weighted by Crippen LogP contribution is 2.30. The third kappa shape index (κ3) is 7.28. The number of amides is 1. The maximum Gasteiger partial charge on any atom is 0.251 e. The van der Waals surface area contributed by atoms with Crippen LogP contribution >= 0.6 is 0 Å². The third-order valence-corrected chi connectivity index (χ3v) is 7.55. The summed E-state index contributed by atoms with van der Waals surface area (Å²) >= 11 is 0. The second-order valence-corrected chi connectivity index (χ2v) is 10.8. The van der Waals surface area contributed by atoms with Crippen LogP contribution in [0.1, 0.15) is 72.1 Å². The predicted octanol–water partition coefficient (Wildman–Crippen LogP) is 4.43. The normalized spacial score (nSPS) is 20.3. The molecule has 0 unspecified atom stereocenters. The molecule has 0 saturated heterocycles. The Kier molecular flexibility index (Phi) is 8.21. The maximum absolute atomic E-state index is 12.3. The van der Waals surface area contributed by atoms with Gasteiger partial charge >= 0.3 is 0 Å². The molecule has 2 aromatic heterocycles. The first kappa shape index (κ1) is 26.9. The lowest BCUT2D eigenvalue weighted by Gasteiger charge is -2.28. The molecular weight excluding hydrogens is 516 g/mol. The van der Waals surface area contributed by atoms with Crippen LogP contribution in [0.5, 0.6) is 0 Å². The van der Waals surface area contributed by atoms with Gasteiger partial charge in [0.05, 0.1) is 19.3 Å². The van der Waals surface area contributed by atoms with E-state index < -0.39 is 0 Å². The molecular formula is C32H34N6O3. The Hall–Kier alpha value is -4.26. The average molecular weight is 551 g/mol. The van der Waals surface area contributed by atoms with Gasteiger partial charge in [0.1, 0.15) is 11.5 Å². The molecule has 0 atom stereocenters. The lowest BCUT2D eigenvalue weighted by Crippen LogP contribution is -2.29. The van der Waals surface area contributed by atoms with E-state index in [1.165, 1.54) is 5.57 Å². The Morgan fingerprint density at radius 1 is 0.976 bits per heavy atom. The van der Waals surface area contributed by atoms with Crippen molar-refractivity contribution < 1.29 is 14.6 Å². The zero-order chi connectivity index (χ0) is 28.0. The second-order valence-electron chi connectivity index (χ2n) is 10.8. The summed E-state index contributed by atoms with van der Waals surface area (Å²) < 4.78 is 5.50. The molecule has 4 N–H and O–H groups in total. The molecule has 9 heteroatoms. The number of carbonyl (C=O) groups is 1. The average Bonchev–Trinajstić information content (AvgIpc) is 3.83. The van der Waals surface area contributed by atoms with Crippen LogP contribution in [0.25, 0.3) is 5.57 Å². The zero-order valence-electron chi connectivity index (χ0n) is 22.9. The van der Waals surface area contributed by atoms with Crippen molar-refractivity contribution in [2.24, 2.45) is 0 Å². The SMILES string of the molecule is O=C(NC1CC1)c1ccnc(C#Cc2ccc(Nc3ncc(C4=CCOCC4)c(NC4CCC(O)CC4)n3)cc2)c1. The number of nitrogens with zero attached hydrogens (tertiary/aromatic N) is 3. The van der Waals surface area contributed by atoms with Crippen LogP contribution in [-0.2, 0) is 4.74 Å². The first-order valence-corrected chi connectivity index (χ1v) is 14.3. The summed E-state index contributed by atoms with van der Waals surface area (Å²) in [6.07, 6.45) is 11.7. The highest BCUT2D eigenvalue weighted by molar-refractivity contribution is 5.94. The molecule has 0 radical (unpaired) electrons.